The van der Waals surface area contributed by atoms with Gasteiger partial charge in [-0.3, -0.25) is 14.5 Å². The van der Waals surface area contributed by atoms with E-state index in [1.54, 1.807) is 0 Å². The van der Waals surface area contributed by atoms with E-state index in [1.165, 1.54) is 18.9 Å². The number of methoxy groups -OCH3 is 1. The number of thioether (sulfide) groups is 1. The zero-order valence-corrected chi connectivity index (χ0v) is 12.9. The number of nitrogens with one attached hydrogen (secondary N) is 1. The molecule has 2 aromatic heterocycles. The summed E-state index contributed by atoms with van der Waals surface area (Å²) in [4.78, 5) is 12.1. The lowest BCUT2D eigenvalue weighted by molar-refractivity contribution is -0.147. The number of nitrogens with zero attached hydrogens (tertiary/aromatic N) is 3. The van der Waals surface area contributed by atoms with E-state index in [2.05, 4.69) is 15.5 Å². The largest absolute Gasteiger partial charge is 0.468 e. The van der Waals surface area contributed by atoms with Gasteiger partial charge in [0.1, 0.15) is 5.54 Å². The molecule has 1 saturated carbocycles. The second kappa shape index (κ2) is 5.65. The molecule has 2 aromatic rings. The summed E-state index contributed by atoms with van der Waals surface area (Å²) in [5, 5.41) is 12.4. The molecule has 1 aliphatic carbocycles. The summed E-state index contributed by atoms with van der Waals surface area (Å²) in [5.74, 6) is 0.307. The first-order chi connectivity index (χ1) is 10.1. The van der Waals surface area contributed by atoms with Gasteiger partial charge < -0.3 is 4.74 Å². The summed E-state index contributed by atoms with van der Waals surface area (Å²) in [6.07, 6.45) is 4.15. The predicted molar refractivity (Wildman–Crippen MR) is 80.3 cm³/mol. The molecule has 0 radical (unpaired) electrons. The number of ether oxygens (including phenoxy) is 1. The van der Waals surface area contributed by atoms with E-state index >= 15 is 0 Å². The normalized spacial score (nSPS) is 17.6. The third kappa shape index (κ3) is 3.03. The summed E-state index contributed by atoms with van der Waals surface area (Å²) in [5.41, 5.74) is 0.0937. The van der Waals surface area contributed by atoms with Crippen molar-refractivity contribution in [3.63, 3.8) is 0 Å². The molecule has 1 atom stereocenters. The summed E-state index contributed by atoms with van der Waals surface area (Å²) < 4.78 is 6.86. The van der Waals surface area contributed by atoms with E-state index in [4.69, 9.17) is 4.74 Å². The monoisotopic (exact) mass is 306 g/mol. The Morgan fingerprint density at radius 3 is 3.05 bits per heavy atom. The Kier molecular flexibility index (Phi) is 3.86. The Hall–Kier alpha value is -1.60. The molecule has 112 valence electrons. The van der Waals surface area contributed by atoms with E-state index < -0.39 is 5.54 Å². The topological polar surface area (TPSA) is 68.5 Å². The maximum absolute atomic E-state index is 12.1. The number of carbonyl (C=O) groups excluding carboxylic acids is 1. The van der Waals surface area contributed by atoms with Crippen LogP contribution in [0.5, 0.6) is 0 Å². The lowest BCUT2D eigenvalue weighted by atomic mass is 10.1. The number of hydrogen-bond donors (Lipinski definition) is 1. The zero-order chi connectivity index (χ0) is 14.9. The molecule has 1 aliphatic rings. The Bertz CT molecular complexity index is 655. The van der Waals surface area contributed by atoms with Crippen molar-refractivity contribution >= 4 is 23.4 Å². The van der Waals surface area contributed by atoms with Crippen molar-refractivity contribution in [3.8, 4) is 0 Å². The molecule has 0 bridgehead atoms. The van der Waals surface area contributed by atoms with E-state index in [0.717, 1.165) is 23.6 Å². The minimum atomic E-state index is -0.707. The maximum atomic E-state index is 12.1. The number of pyridine rings is 1. The number of aromatic nitrogens is 3. The van der Waals surface area contributed by atoms with Crippen LogP contribution in [-0.2, 0) is 9.53 Å². The molecule has 0 aromatic carbocycles. The number of esters is 1. The Labute approximate surface area is 127 Å². The van der Waals surface area contributed by atoms with Gasteiger partial charge in [-0.2, -0.15) is 0 Å². The molecule has 7 heteroatoms. The maximum Gasteiger partial charge on any atom is 0.326 e. The highest BCUT2D eigenvalue weighted by Crippen LogP contribution is 2.27. The molecule has 1 fully saturated rings. The number of carbonyl (C=O) groups is 1. The Balaban J connectivity index is 1.75. The van der Waals surface area contributed by atoms with E-state index in [1.807, 2.05) is 35.7 Å². The van der Waals surface area contributed by atoms with Gasteiger partial charge in [0.25, 0.3) is 0 Å². The number of fused-ring (bicyclic) bond motifs is 1. The molecule has 1 unspecified atom stereocenters. The first kappa shape index (κ1) is 14.3. The predicted octanol–water partition coefficient (Wildman–Crippen LogP) is 1.51. The molecule has 6 nitrogen and oxygen atoms in total. The van der Waals surface area contributed by atoms with Gasteiger partial charge in [-0.25, -0.2) is 0 Å². The Morgan fingerprint density at radius 2 is 2.33 bits per heavy atom. The van der Waals surface area contributed by atoms with Gasteiger partial charge >= 0.3 is 5.97 Å². The molecule has 3 rings (SSSR count). The highest BCUT2D eigenvalue weighted by molar-refractivity contribution is 7.99. The highest BCUT2D eigenvalue weighted by Gasteiger charge is 2.39. The van der Waals surface area contributed by atoms with Crippen molar-refractivity contribution < 1.29 is 9.53 Å². The summed E-state index contributed by atoms with van der Waals surface area (Å²) in [7, 11) is 1.42. The number of rotatable bonds is 6. The van der Waals surface area contributed by atoms with Crippen LogP contribution in [-0.4, -0.2) is 45.0 Å². The van der Waals surface area contributed by atoms with Gasteiger partial charge in [-0.1, -0.05) is 17.8 Å². The van der Waals surface area contributed by atoms with Crippen LogP contribution in [0.2, 0.25) is 0 Å². The third-order valence-electron chi connectivity index (χ3n) is 3.51. The second-order valence-corrected chi connectivity index (χ2v) is 6.38. The molecule has 21 heavy (non-hydrogen) atoms. The average molecular weight is 306 g/mol. The summed E-state index contributed by atoms with van der Waals surface area (Å²) in [6, 6.07) is 6.18. The lowest BCUT2D eigenvalue weighted by Crippen LogP contribution is -2.53. The van der Waals surface area contributed by atoms with Crippen molar-refractivity contribution in [2.45, 2.75) is 36.5 Å². The molecular formula is C14H18N4O2S. The molecule has 0 aliphatic heterocycles. The van der Waals surface area contributed by atoms with Crippen molar-refractivity contribution in [1.82, 2.24) is 19.9 Å². The summed E-state index contributed by atoms with van der Waals surface area (Å²) in [6.45, 7) is 1.88. The van der Waals surface area contributed by atoms with E-state index in [-0.39, 0.29) is 5.97 Å². The molecular weight excluding hydrogens is 288 g/mol. The highest BCUT2D eigenvalue weighted by atomic mass is 32.2. The third-order valence-corrected chi connectivity index (χ3v) is 4.77. The summed E-state index contributed by atoms with van der Waals surface area (Å²) >= 11 is 1.50. The van der Waals surface area contributed by atoms with E-state index in [9.17, 15) is 4.79 Å². The van der Waals surface area contributed by atoms with Crippen molar-refractivity contribution in [2.24, 2.45) is 0 Å². The van der Waals surface area contributed by atoms with Crippen LogP contribution < -0.4 is 5.32 Å². The van der Waals surface area contributed by atoms with Gasteiger partial charge in [-0.15, -0.1) is 10.2 Å². The molecule has 0 spiro atoms. The molecule has 0 saturated heterocycles. The van der Waals surface area contributed by atoms with Crippen molar-refractivity contribution in [3.05, 3.63) is 24.4 Å². The van der Waals surface area contributed by atoms with Crippen LogP contribution in [0.15, 0.2) is 29.6 Å². The quantitative estimate of drug-likeness (QED) is 0.644. The van der Waals surface area contributed by atoms with Crippen LogP contribution in [0.1, 0.15) is 19.8 Å². The van der Waals surface area contributed by atoms with Crippen LogP contribution in [0, 0.1) is 0 Å². The molecule has 1 N–H and O–H groups in total. The standard InChI is InChI=1S/C14H18N4O2S/c1-14(12(19)20-2,15-10-6-7-10)9-21-13-17-16-11-5-3-4-8-18(11)13/h3-5,8,10,15H,6-7,9H2,1-2H3. The van der Waals surface area contributed by atoms with Gasteiger partial charge in [0.05, 0.1) is 7.11 Å². The van der Waals surface area contributed by atoms with Crippen LogP contribution in [0.4, 0.5) is 0 Å². The van der Waals surface area contributed by atoms with Crippen molar-refractivity contribution in [1.29, 1.82) is 0 Å². The van der Waals surface area contributed by atoms with Crippen LogP contribution in [0.3, 0.4) is 0 Å². The van der Waals surface area contributed by atoms with Gasteiger partial charge in [0.15, 0.2) is 10.8 Å². The molecule has 0 amide bonds. The fraction of sp³-hybridized carbons (Fsp3) is 0.500. The first-order valence-corrected chi connectivity index (χ1v) is 7.89. The van der Waals surface area contributed by atoms with Crippen LogP contribution >= 0.6 is 11.8 Å². The second-order valence-electron chi connectivity index (χ2n) is 5.44. The minimum absolute atomic E-state index is 0.240. The first-order valence-electron chi connectivity index (χ1n) is 6.91. The average Bonchev–Trinajstić information content (AvgIpc) is 3.21. The number of hydrogen-bond acceptors (Lipinski definition) is 6. The zero-order valence-electron chi connectivity index (χ0n) is 12.1. The SMILES string of the molecule is COC(=O)C(C)(CSc1nnc2ccccn12)NC1CC1. The van der Waals surface area contributed by atoms with E-state index in [0.29, 0.717) is 11.8 Å². The lowest BCUT2D eigenvalue weighted by Gasteiger charge is -2.27. The molecule has 2 heterocycles. The smallest absolute Gasteiger partial charge is 0.326 e. The Morgan fingerprint density at radius 1 is 1.52 bits per heavy atom. The van der Waals surface area contributed by atoms with Gasteiger partial charge in [0, 0.05) is 18.0 Å². The minimum Gasteiger partial charge on any atom is -0.468 e. The fourth-order valence-electron chi connectivity index (χ4n) is 2.19. The van der Waals surface area contributed by atoms with Crippen molar-refractivity contribution in [2.75, 3.05) is 12.9 Å². The van der Waals surface area contributed by atoms with Crippen LogP contribution in [0.25, 0.3) is 5.65 Å². The fourth-order valence-corrected chi connectivity index (χ4v) is 3.20. The van der Waals surface area contributed by atoms with Gasteiger partial charge in [-0.05, 0) is 31.9 Å². The van der Waals surface area contributed by atoms with Gasteiger partial charge in [0.2, 0.25) is 0 Å².